The number of alkyl halides is 3. The Hall–Kier alpha value is -0.940. The Labute approximate surface area is 97.0 Å². The first-order chi connectivity index (χ1) is 6.98. The second-order valence-electron chi connectivity index (χ2n) is 3.49. The summed E-state index contributed by atoms with van der Waals surface area (Å²) in [6, 6.07) is 3.05. The Morgan fingerprint density at radius 2 is 2.00 bits per heavy atom. The molecule has 0 aliphatic carbocycles. The highest BCUT2D eigenvalue weighted by molar-refractivity contribution is 5.85. The highest BCUT2D eigenvalue weighted by atomic mass is 35.5. The minimum Gasteiger partial charge on any atom is -0.493 e. The molecule has 1 aliphatic heterocycles. The van der Waals surface area contributed by atoms with Crippen LogP contribution in [0, 0.1) is 0 Å². The molecular weight excluding hydrogens is 243 g/mol. The average molecular weight is 254 g/mol. The fraction of sp³-hybridized carbons (Fsp3) is 0.400. The number of benzene rings is 1. The SMILES string of the molecule is Cl.NC1CCOc2ccc(C(F)(F)F)cc21. The van der Waals surface area contributed by atoms with E-state index >= 15 is 0 Å². The van der Waals surface area contributed by atoms with Crippen LogP contribution in [0.4, 0.5) is 13.2 Å². The molecule has 0 bridgehead atoms. The van der Waals surface area contributed by atoms with Crippen molar-refractivity contribution in [1.29, 1.82) is 0 Å². The van der Waals surface area contributed by atoms with E-state index in [4.69, 9.17) is 10.5 Å². The highest BCUT2D eigenvalue weighted by Gasteiger charge is 2.32. The molecule has 0 fully saturated rings. The second-order valence-corrected chi connectivity index (χ2v) is 3.49. The van der Waals surface area contributed by atoms with Gasteiger partial charge in [-0.2, -0.15) is 13.2 Å². The molecule has 0 amide bonds. The summed E-state index contributed by atoms with van der Waals surface area (Å²) in [5.41, 5.74) is 5.47. The molecule has 0 spiro atoms. The lowest BCUT2D eigenvalue weighted by atomic mass is 9.99. The van der Waals surface area contributed by atoms with Gasteiger partial charge < -0.3 is 10.5 Å². The monoisotopic (exact) mass is 253 g/mol. The molecule has 0 aromatic heterocycles. The molecule has 0 saturated heterocycles. The molecular formula is C10H11ClF3NO. The zero-order chi connectivity index (χ0) is 11.1. The summed E-state index contributed by atoms with van der Waals surface area (Å²) in [5.74, 6) is 0.460. The van der Waals surface area contributed by atoms with Crippen molar-refractivity contribution in [3.8, 4) is 5.75 Å². The third kappa shape index (κ3) is 2.41. The lowest BCUT2D eigenvalue weighted by Gasteiger charge is -2.23. The van der Waals surface area contributed by atoms with Gasteiger partial charge in [0.25, 0.3) is 0 Å². The van der Waals surface area contributed by atoms with Crippen LogP contribution in [-0.2, 0) is 6.18 Å². The quantitative estimate of drug-likeness (QED) is 0.772. The van der Waals surface area contributed by atoms with E-state index in [2.05, 4.69) is 0 Å². The maximum Gasteiger partial charge on any atom is 0.416 e. The van der Waals surface area contributed by atoms with Gasteiger partial charge in [0.15, 0.2) is 0 Å². The molecule has 6 heteroatoms. The Morgan fingerprint density at radius 3 is 2.62 bits per heavy atom. The summed E-state index contributed by atoms with van der Waals surface area (Å²) in [6.07, 6.45) is -3.78. The smallest absolute Gasteiger partial charge is 0.416 e. The van der Waals surface area contributed by atoms with E-state index in [1.165, 1.54) is 6.07 Å². The van der Waals surface area contributed by atoms with Crippen LogP contribution in [0.25, 0.3) is 0 Å². The van der Waals surface area contributed by atoms with Crippen LogP contribution in [0.5, 0.6) is 5.75 Å². The molecule has 2 N–H and O–H groups in total. The van der Waals surface area contributed by atoms with Crippen molar-refractivity contribution in [2.45, 2.75) is 18.6 Å². The zero-order valence-corrected chi connectivity index (χ0v) is 9.07. The normalized spacial score (nSPS) is 19.4. The lowest BCUT2D eigenvalue weighted by Crippen LogP contribution is -2.21. The van der Waals surface area contributed by atoms with Crippen molar-refractivity contribution in [3.63, 3.8) is 0 Å². The van der Waals surface area contributed by atoms with Crippen molar-refractivity contribution >= 4 is 12.4 Å². The maximum atomic E-state index is 12.4. The van der Waals surface area contributed by atoms with Gasteiger partial charge in [-0.15, -0.1) is 12.4 Å². The Bertz CT molecular complexity index is 381. The van der Waals surface area contributed by atoms with E-state index in [9.17, 15) is 13.2 Å². The average Bonchev–Trinajstić information content (AvgIpc) is 2.16. The van der Waals surface area contributed by atoms with Gasteiger partial charge in [-0.25, -0.2) is 0 Å². The molecule has 0 radical (unpaired) electrons. The molecule has 1 aliphatic rings. The Kier molecular flexibility index (Phi) is 3.70. The fourth-order valence-corrected chi connectivity index (χ4v) is 1.60. The van der Waals surface area contributed by atoms with Crippen molar-refractivity contribution in [3.05, 3.63) is 29.3 Å². The van der Waals surface area contributed by atoms with Gasteiger partial charge in [-0.3, -0.25) is 0 Å². The van der Waals surface area contributed by atoms with E-state index in [1.54, 1.807) is 0 Å². The molecule has 1 aromatic carbocycles. The second kappa shape index (κ2) is 4.51. The van der Waals surface area contributed by atoms with Crippen LogP contribution >= 0.6 is 12.4 Å². The van der Waals surface area contributed by atoms with Crippen molar-refractivity contribution in [2.75, 3.05) is 6.61 Å². The third-order valence-electron chi connectivity index (χ3n) is 2.42. The first-order valence-electron chi connectivity index (χ1n) is 4.58. The van der Waals surface area contributed by atoms with Crippen molar-refractivity contribution in [1.82, 2.24) is 0 Å². The standard InChI is InChI=1S/C10H10F3NO.ClH/c11-10(12,13)6-1-2-9-7(5-6)8(14)3-4-15-9;/h1-2,5,8H,3-4,14H2;1H. The number of nitrogens with two attached hydrogens (primary N) is 1. The first-order valence-corrected chi connectivity index (χ1v) is 4.58. The third-order valence-corrected chi connectivity index (χ3v) is 2.42. The number of ether oxygens (including phenoxy) is 1. The molecule has 2 nitrogen and oxygen atoms in total. The number of rotatable bonds is 0. The molecule has 0 saturated carbocycles. The topological polar surface area (TPSA) is 35.2 Å². The van der Waals surface area contributed by atoms with Gasteiger partial charge in [0.2, 0.25) is 0 Å². The fourth-order valence-electron chi connectivity index (χ4n) is 1.60. The molecule has 1 aromatic rings. The van der Waals surface area contributed by atoms with Crippen molar-refractivity contribution in [2.24, 2.45) is 5.73 Å². The van der Waals surface area contributed by atoms with Crippen LogP contribution in [0.15, 0.2) is 18.2 Å². The van der Waals surface area contributed by atoms with Crippen LogP contribution < -0.4 is 10.5 Å². The molecule has 2 rings (SSSR count). The highest BCUT2D eigenvalue weighted by Crippen LogP contribution is 2.36. The number of halogens is 4. The van der Waals surface area contributed by atoms with Gasteiger partial charge >= 0.3 is 6.18 Å². The summed E-state index contributed by atoms with van der Waals surface area (Å²) in [6.45, 7) is 0.458. The summed E-state index contributed by atoms with van der Waals surface area (Å²) in [4.78, 5) is 0. The first kappa shape index (κ1) is 13.1. The van der Waals surface area contributed by atoms with Gasteiger partial charge in [0.05, 0.1) is 12.2 Å². The maximum absolute atomic E-state index is 12.4. The van der Waals surface area contributed by atoms with E-state index in [-0.39, 0.29) is 18.4 Å². The summed E-state index contributed by atoms with van der Waals surface area (Å²) < 4.78 is 42.4. The van der Waals surface area contributed by atoms with E-state index in [0.29, 0.717) is 24.3 Å². The molecule has 1 atom stereocenters. The van der Waals surface area contributed by atoms with Crippen LogP contribution in [0.1, 0.15) is 23.6 Å². The zero-order valence-electron chi connectivity index (χ0n) is 8.25. The molecule has 90 valence electrons. The van der Waals surface area contributed by atoms with Crippen LogP contribution in [0.2, 0.25) is 0 Å². The van der Waals surface area contributed by atoms with Crippen LogP contribution in [-0.4, -0.2) is 6.61 Å². The minimum absolute atomic E-state index is 0. The number of hydrogen-bond acceptors (Lipinski definition) is 2. The summed E-state index contributed by atoms with van der Waals surface area (Å²) in [5, 5.41) is 0. The Morgan fingerprint density at radius 1 is 1.31 bits per heavy atom. The number of fused-ring (bicyclic) bond motifs is 1. The number of hydrogen-bond donors (Lipinski definition) is 1. The molecule has 16 heavy (non-hydrogen) atoms. The largest absolute Gasteiger partial charge is 0.493 e. The van der Waals surface area contributed by atoms with Gasteiger partial charge in [0.1, 0.15) is 5.75 Å². The van der Waals surface area contributed by atoms with Gasteiger partial charge in [-0.05, 0) is 18.2 Å². The molecule has 1 unspecified atom stereocenters. The summed E-state index contributed by atoms with van der Waals surface area (Å²) in [7, 11) is 0. The van der Waals surface area contributed by atoms with Crippen molar-refractivity contribution < 1.29 is 17.9 Å². The predicted octanol–water partition coefficient (Wildman–Crippen LogP) is 2.91. The van der Waals surface area contributed by atoms with Crippen LogP contribution in [0.3, 0.4) is 0 Å². The predicted molar refractivity (Wildman–Crippen MR) is 55.7 cm³/mol. The Balaban J connectivity index is 0.00000128. The van der Waals surface area contributed by atoms with Gasteiger partial charge in [0, 0.05) is 18.0 Å². The van der Waals surface area contributed by atoms with E-state index in [1.807, 2.05) is 0 Å². The summed E-state index contributed by atoms with van der Waals surface area (Å²) >= 11 is 0. The van der Waals surface area contributed by atoms with E-state index < -0.39 is 11.7 Å². The molecule has 1 heterocycles. The van der Waals surface area contributed by atoms with Gasteiger partial charge in [-0.1, -0.05) is 0 Å². The lowest BCUT2D eigenvalue weighted by molar-refractivity contribution is -0.137. The van der Waals surface area contributed by atoms with E-state index in [0.717, 1.165) is 12.1 Å². The minimum atomic E-state index is -4.33.